The Balaban J connectivity index is 1.74. The lowest BCUT2D eigenvalue weighted by atomic mass is 9.85. The summed E-state index contributed by atoms with van der Waals surface area (Å²) < 4.78 is 5.20. The van der Waals surface area contributed by atoms with E-state index in [1.807, 2.05) is 0 Å². The van der Waals surface area contributed by atoms with E-state index >= 15 is 0 Å². The second kappa shape index (κ2) is 6.20. The van der Waals surface area contributed by atoms with E-state index in [0.717, 1.165) is 11.1 Å². The van der Waals surface area contributed by atoms with Crippen LogP contribution in [0.1, 0.15) is 11.1 Å². The van der Waals surface area contributed by atoms with Crippen molar-refractivity contribution in [2.24, 2.45) is 11.8 Å². The summed E-state index contributed by atoms with van der Waals surface area (Å²) in [5.74, 6) is -0.586. The van der Waals surface area contributed by atoms with E-state index in [2.05, 4.69) is 0 Å². The van der Waals surface area contributed by atoms with Gasteiger partial charge in [0, 0.05) is 5.92 Å². The van der Waals surface area contributed by atoms with E-state index in [-0.39, 0.29) is 35.1 Å². The van der Waals surface area contributed by atoms with Crippen molar-refractivity contribution in [3.8, 4) is 17.2 Å². The molecule has 0 bridgehead atoms. The molecule has 3 N–H and O–H groups in total. The van der Waals surface area contributed by atoms with Crippen LogP contribution in [0, 0.1) is 11.8 Å². The number of esters is 1. The zero-order chi connectivity index (χ0) is 16.4. The second-order valence-corrected chi connectivity index (χ2v) is 5.89. The van der Waals surface area contributed by atoms with Gasteiger partial charge >= 0.3 is 5.97 Å². The van der Waals surface area contributed by atoms with Crippen LogP contribution in [0.3, 0.4) is 0 Å². The minimum absolute atomic E-state index is 0.0141. The first-order valence-electron chi connectivity index (χ1n) is 7.48. The zero-order valence-electron chi connectivity index (χ0n) is 12.5. The standard InChI is InChI=1S/C18H18O5/c19-14-4-1-11(2-5-14)8-15-13(10-23-18(15)22)7-12-3-6-16(20)17(21)9-12/h1-6,9,13,15,19-21H,7-8,10H2. The molecule has 2 unspecified atom stereocenters. The summed E-state index contributed by atoms with van der Waals surface area (Å²) in [6.07, 6.45) is 1.14. The van der Waals surface area contributed by atoms with Gasteiger partial charge in [0.05, 0.1) is 12.5 Å². The smallest absolute Gasteiger partial charge is 0.309 e. The molecule has 3 rings (SSSR count). The minimum atomic E-state index is -0.254. The third-order valence-corrected chi connectivity index (χ3v) is 4.24. The highest BCUT2D eigenvalue weighted by molar-refractivity contribution is 5.75. The van der Waals surface area contributed by atoms with Crippen LogP contribution in [0.25, 0.3) is 0 Å². The van der Waals surface area contributed by atoms with Gasteiger partial charge in [0.1, 0.15) is 5.75 Å². The number of ether oxygens (including phenoxy) is 1. The number of phenolic OH excluding ortho intramolecular Hbond substituents is 3. The lowest BCUT2D eigenvalue weighted by Crippen LogP contribution is -2.20. The number of carbonyl (C=O) groups excluding carboxylic acids is 1. The lowest BCUT2D eigenvalue weighted by molar-refractivity contribution is -0.141. The molecule has 0 aromatic heterocycles. The number of aromatic hydroxyl groups is 3. The van der Waals surface area contributed by atoms with Gasteiger partial charge in [-0.05, 0) is 48.2 Å². The minimum Gasteiger partial charge on any atom is -0.508 e. The fraction of sp³-hybridized carbons (Fsp3) is 0.278. The highest BCUT2D eigenvalue weighted by Crippen LogP contribution is 2.32. The van der Waals surface area contributed by atoms with Crippen LogP contribution < -0.4 is 0 Å². The Labute approximate surface area is 133 Å². The van der Waals surface area contributed by atoms with Crippen molar-refractivity contribution >= 4 is 5.97 Å². The molecule has 1 saturated heterocycles. The molecule has 0 amide bonds. The molecule has 1 fully saturated rings. The first-order valence-corrected chi connectivity index (χ1v) is 7.48. The largest absolute Gasteiger partial charge is 0.508 e. The summed E-state index contributed by atoms with van der Waals surface area (Å²) in [4.78, 5) is 12.0. The van der Waals surface area contributed by atoms with Gasteiger partial charge in [-0.25, -0.2) is 0 Å². The molecule has 0 radical (unpaired) electrons. The van der Waals surface area contributed by atoms with Crippen LogP contribution in [0.4, 0.5) is 0 Å². The molecule has 5 heteroatoms. The number of cyclic esters (lactones) is 1. The number of carbonyl (C=O) groups is 1. The van der Waals surface area contributed by atoms with Crippen molar-refractivity contribution in [2.75, 3.05) is 6.61 Å². The van der Waals surface area contributed by atoms with E-state index in [1.165, 1.54) is 12.1 Å². The first-order chi connectivity index (χ1) is 11.0. The Hall–Kier alpha value is -2.69. The molecule has 0 aliphatic carbocycles. The fourth-order valence-electron chi connectivity index (χ4n) is 2.94. The quantitative estimate of drug-likeness (QED) is 0.596. The molecule has 2 aromatic rings. The molecule has 2 atom stereocenters. The van der Waals surface area contributed by atoms with Gasteiger partial charge in [0.25, 0.3) is 0 Å². The highest BCUT2D eigenvalue weighted by Gasteiger charge is 2.36. The number of phenols is 3. The van der Waals surface area contributed by atoms with Gasteiger partial charge in [0.15, 0.2) is 11.5 Å². The molecule has 120 valence electrons. The summed E-state index contributed by atoms with van der Waals surface area (Å²) >= 11 is 0. The van der Waals surface area contributed by atoms with Crippen LogP contribution in [0.2, 0.25) is 0 Å². The lowest BCUT2D eigenvalue weighted by Gasteiger charge is -2.15. The molecule has 5 nitrogen and oxygen atoms in total. The van der Waals surface area contributed by atoms with Gasteiger partial charge in [-0.1, -0.05) is 18.2 Å². The Morgan fingerprint density at radius 2 is 1.61 bits per heavy atom. The van der Waals surface area contributed by atoms with Crippen molar-refractivity contribution in [3.63, 3.8) is 0 Å². The fourth-order valence-corrected chi connectivity index (χ4v) is 2.94. The van der Waals surface area contributed by atoms with Crippen molar-refractivity contribution < 1.29 is 24.9 Å². The first kappa shape index (κ1) is 15.2. The summed E-state index contributed by atoms with van der Waals surface area (Å²) in [6, 6.07) is 11.5. The van der Waals surface area contributed by atoms with E-state index in [1.54, 1.807) is 30.3 Å². The summed E-state index contributed by atoms with van der Waals surface area (Å²) in [5.41, 5.74) is 1.81. The van der Waals surface area contributed by atoms with Crippen molar-refractivity contribution in [2.45, 2.75) is 12.8 Å². The number of hydrogen-bond donors (Lipinski definition) is 3. The third kappa shape index (κ3) is 3.39. The van der Waals surface area contributed by atoms with Gasteiger partial charge in [-0.15, -0.1) is 0 Å². The van der Waals surface area contributed by atoms with E-state index in [0.29, 0.717) is 19.4 Å². The van der Waals surface area contributed by atoms with Crippen LogP contribution >= 0.6 is 0 Å². The molecular formula is C18H18O5. The Kier molecular flexibility index (Phi) is 4.10. The monoisotopic (exact) mass is 314 g/mol. The van der Waals surface area contributed by atoms with Gasteiger partial charge < -0.3 is 20.1 Å². The maximum atomic E-state index is 12.0. The van der Waals surface area contributed by atoms with Crippen LogP contribution in [0.15, 0.2) is 42.5 Å². The number of rotatable bonds is 4. The third-order valence-electron chi connectivity index (χ3n) is 4.24. The van der Waals surface area contributed by atoms with Crippen LogP contribution in [-0.2, 0) is 22.4 Å². The summed E-state index contributed by atoms with van der Waals surface area (Å²) in [7, 11) is 0. The Morgan fingerprint density at radius 1 is 0.913 bits per heavy atom. The van der Waals surface area contributed by atoms with E-state index < -0.39 is 0 Å². The predicted octanol–water partition coefficient (Wildman–Crippen LogP) is 2.38. The zero-order valence-corrected chi connectivity index (χ0v) is 12.5. The van der Waals surface area contributed by atoms with Crippen LogP contribution in [0.5, 0.6) is 17.2 Å². The molecule has 1 aliphatic heterocycles. The van der Waals surface area contributed by atoms with Crippen LogP contribution in [-0.4, -0.2) is 27.9 Å². The molecule has 2 aromatic carbocycles. The average Bonchev–Trinajstić information content (AvgIpc) is 2.86. The maximum Gasteiger partial charge on any atom is 0.309 e. The summed E-state index contributed by atoms with van der Waals surface area (Å²) in [5, 5.41) is 28.3. The normalized spacial score (nSPS) is 20.4. The SMILES string of the molecule is O=C1OCC(Cc2ccc(O)c(O)c2)C1Cc1ccc(O)cc1. The maximum absolute atomic E-state index is 12.0. The van der Waals surface area contributed by atoms with E-state index in [4.69, 9.17) is 4.74 Å². The van der Waals surface area contributed by atoms with Crippen molar-refractivity contribution in [1.29, 1.82) is 0 Å². The molecule has 0 spiro atoms. The average molecular weight is 314 g/mol. The van der Waals surface area contributed by atoms with E-state index in [9.17, 15) is 20.1 Å². The molecule has 23 heavy (non-hydrogen) atoms. The Bertz CT molecular complexity index is 708. The molecule has 1 aliphatic rings. The molecular weight excluding hydrogens is 296 g/mol. The van der Waals surface area contributed by atoms with Crippen molar-refractivity contribution in [1.82, 2.24) is 0 Å². The van der Waals surface area contributed by atoms with Crippen molar-refractivity contribution in [3.05, 3.63) is 53.6 Å². The second-order valence-electron chi connectivity index (χ2n) is 5.89. The molecule has 1 heterocycles. The highest BCUT2D eigenvalue weighted by atomic mass is 16.5. The molecule has 0 saturated carbocycles. The predicted molar refractivity (Wildman–Crippen MR) is 83.2 cm³/mol. The van der Waals surface area contributed by atoms with Gasteiger partial charge in [-0.2, -0.15) is 0 Å². The van der Waals surface area contributed by atoms with Gasteiger partial charge in [0.2, 0.25) is 0 Å². The Morgan fingerprint density at radius 3 is 2.30 bits per heavy atom. The number of benzene rings is 2. The topological polar surface area (TPSA) is 87.0 Å². The summed E-state index contributed by atoms with van der Waals surface area (Å²) in [6.45, 7) is 0.350. The van der Waals surface area contributed by atoms with Gasteiger partial charge in [-0.3, -0.25) is 4.79 Å². The number of hydrogen-bond acceptors (Lipinski definition) is 5.